The van der Waals surface area contributed by atoms with Gasteiger partial charge >= 0.3 is 0 Å². The van der Waals surface area contributed by atoms with Crippen molar-refractivity contribution in [3.8, 4) is 6.07 Å². The molecule has 0 spiro atoms. The molecule has 0 aliphatic carbocycles. The molecule has 0 saturated carbocycles. The largest absolute Gasteiger partial charge is 0.248 e. The van der Waals surface area contributed by atoms with Crippen molar-refractivity contribution in [3.63, 3.8) is 0 Å². The van der Waals surface area contributed by atoms with Crippen molar-refractivity contribution in [2.24, 2.45) is 4.36 Å². The van der Waals surface area contributed by atoms with Crippen molar-refractivity contribution < 1.29 is 8.60 Å². The Balaban J connectivity index is 2.21. The second kappa shape index (κ2) is 7.00. The van der Waals surface area contributed by atoms with Gasteiger partial charge in [0.2, 0.25) is 0 Å². The third kappa shape index (κ3) is 4.69. The van der Waals surface area contributed by atoms with Crippen LogP contribution >= 0.6 is 0 Å². The van der Waals surface area contributed by atoms with Gasteiger partial charge in [-0.25, -0.2) is 13.0 Å². The Kier molecular flexibility index (Phi) is 5.07. The molecule has 1 unspecified atom stereocenters. The van der Waals surface area contributed by atoms with Gasteiger partial charge in [0.05, 0.1) is 28.1 Å². The van der Waals surface area contributed by atoms with Gasteiger partial charge in [-0.15, -0.1) is 0 Å². The van der Waals surface area contributed by atoms with Gasteiger partial charge in [-0.1, -0.05) is 42.5 Å². The Morgan fingerprint density at radius 2 is 1.71 bits per heavy atom. The van der Waals surface area contributed by atoms with Crippen molar-refractivity contribution in [3.05, 3.63) is 71.5 Å². The summed E-state index contributed by atoms with van der Waals surface area (Å²) < 4.78 is 29.9. The summed E-state index contributed by atoms with van der Waals surface area (Å²) in [7, 11) is -2.66. The zero-order chi connectivity index (χ0) is 15.1. The maximum atomic E-state index is 12.9. The van der Waals surface area contributed by atoms with Crippen LogP contribution < -0.4 is 0 Å². The van der Waals surface area contributed by atoms with E-state index in [0.29, 0.717) is 12.1 Å². The molecule has 0 fully saturated rings. The molecule has 2 aromatic rings. The van der Waals surface area contributed by atoms with Crippen molar-refractivity contribution >= 4 is 9.73 Å². The zero-order valence-electron chi connectivity index (χ0n) is 11.4. The molecule has 2 aromatic carbocycles. The van der Waals surface area contributed by atoms with Crippen molar-refractivity contribution in [1.29, 1.82) is 5.26 Å². The number of nitriles is 1. The number of hydrogen-bond acceptors (Lipinski definition) is 3. The summed E-state index contributed by atoms with van der Waals surface area (Å²) in [4.78, 5) is 0. The Morgan fingerprint density at radius 1 is 1.05 bits per heavy atom. The normalized spacial score (nSPS) is 13.1. The van der Waals surface area contributed by atoms with E-state index in [4.69, 9.17) is 5.26 Å². The Labute approximate surface area is 124 Å². The van der Waals surface area contributed by atoms with E-state index >= 15 is 0 Å². The molecule has 0 heterocycles. The highest BCUT2D eigenvalue weighted by Crippen LogP contribution is 2.12. The smallest absolute Gasteiger partial charge is 0.123 e. The van der Waals surface area contributed by atoms with Crippen LogP contribution in [0.1, 0.15) is 11.1 Å². The van der Waals surface area contributed by atoms with Crippen LogP contribution in [-0.4, -0.2) is 9.96 Å². The number of hydrogen-bond donors (Lipinski definition) is 0. The molecule has 0 aromatic heterocycles. The summed E-state index contributed by atoms with van der Waals surface area (Å²) in [6.07, 6.45) is 0. The quantitative estimate of drug-likeness (QED) is 0.848. The molecule has 5 heteroatoms. The minimum Gasteiger partial charge on any atom is -0.248 e. The maximum Gasteiger partial charge on any atom is 0.123 e. The molecule has 0 amide bonds. The minimum atomic E-state index is -2.66. The number of nitrogens with zero attached hydrogens (tertiary/aromatic N) is 2. The molecule has 0 aliphatic heterocycles. The summed E-state index contributed by atoms with van der Waals surface area (Å²) in [5, 5.41) is 8.87. The second-order valence-electron chi connectivity index (χ2n) is 4.62. The molecular weight excluding hydrogens is 287 g/mol. The van der Waals surface area contributed by atoms with Gasteiger partial charge in [-0.05, 0) is 23.3 Å². The molecule has 0 N–H and O–H groups in total. The Hall–Kier alpha value is -2.19. The second-order valence-corrected chi connectivity index (χ2v) is 7.00. The molecule has 2 rings (SSSR count). The van der Waals surface area contributed by atoms with E-state index in [2.05, 4.69) is 4.36 Å². The molecule has 0 saturated heterocycles. The first-order valence-electron chi connectivity index (χ1n) is 6.45. The van der Waals surface area contributed by atoms with Gasteiger partial charge in [0.1, 0.15) is 11.6 Å². The van der Waals surface area contributed by atoms with Crippen molar-refractivity contribution in [2.45, 2.75) is 12.3 Å². The van der Waals surface area contributed by atoms with E-state index in [1.807, 2.05) is 36.4 Å². The fraction of sp³-hybridized carbons (Fsp3) is 0.188. The van der Waals surface area contributed by atoms with E-state index < -0.39 is 9.73 Å². The first-order valence-corrected chi connectivity index (χ1v) is 8.30. The number of halogens is 1. The minimum absolute atomic E-state index is 0.128. The SMILES string of the molecule is N#CCS(=O)(Cc1ccc(F)cc1)=NCc1ccccc1. The van der Waals surface area contributed by atoms with Crippen LogP contribution in [0.5, 0.6) is 0 Å². The summed E-state index contributed by atoms with van der Waals surface area (Å²) in [5.74, 6) is -0.308. The van der Waals surface area contributed by atoms with Gasteiger partial charge in [-0.2, -0.15) is 5.26 Å². The van der Waals surface area contributed by atoms with Gasteiger partial charge in [0.25, 0.3) is 0 Å². The lowest BCUT2D eigenvalue weighted by atomic mass is 10.2. The zero-order valence-corrected chi connectivity index (χ0v) is 12.2. The van der Waals surface area contributed by atoms with Crippen LogP contribution in [0.2, 0.25) is 0 Å². The average Bonchev–Trinajstić information content (AvgIpc) is 2.49. The Morgan fingerprint density at radius 3 is 2.33 bits per heavy atom. The highest BCUT2D eigenvalue weighted by molar-refractivity contribution is 7.93. The molecule has 0 aliphatic rings. The summed E-state index contributed by atoms with van der Waals surface area (Å²) in [5.41, 5.74) is 1.66. The predicted octanol–water partition coefficient (Wildman–Crippen LogP) is 3.52. The molecular formula is C16H15FN2OS. The lowest BCUT2D eigenvalue weighted by molar-refractivity contribution is 0.627. The van der Waals surface area contributed by atoms with E-state index in [0.717, 1.165) is 5.56 Å². The molecule has 108 valence electrons. The van der Waals surface area contributed by atoms with Crippen LogP contribution in [0.15, 0.2) is 59.0 Å². The summed E-state index contributed by atoms with van der Waals surface area (Å²) in [6, 6.07) is 17.2. The average molecular weight is 302 g/mol. The third-order valence-corrected chi connectivity index (χ3v) is 4.89. The third-order valence-electron chi connectivity index (χ3n) is 2.92. The topological polar surface area (TPSA) is 53.2 Å². The fourth-order valence-corrected chi connectivity index (χ4v) is 3.44. The molecule has 1 atom stereocenters. The first kappa shape index (κ1) is 15.2. The van der Waals surface area contributed by atoms with Crippen LogP contribution in [0.3, 0.4) is 0 Å². The van der Waals surface area contributed by atoms with Gasteiger partial charge in [0, 0.05) is 0 Å². The molecule has 21 heavy (non-hydrogen) atoms. The van der Waals surface area contributed by atoms with Crippen molar-refractivity contribution in [1.82, 2.24) is 0 Å². The molecule has 3 nitrogen and oxygen atoms in total. The van der Waals surface area contributed by atoms with Crippen LogP contribution in [0.4, 0.5) is 4.39 Å². The number of rotatable bonds is 5. The molecule has 0 bridgehead atoms. The van der Waals surface area contributed by atoms with E-state index in [1.54, 1.807) is 12.1 Å². The van der Waals surface area contributed by atoms with Crippen LogP contribution in [0, 0.1) is 17.1 Å². The Bertz CT molecular complexity index is 742. The lowest BCUT2D eigenvalue weighted by Gasteiger charge is -2.07. The van der Waals surface area contributed by atoms with Gasteiger partial charge in [-0.3, -0.25) is 0 Å². The number of benzene rings is 2. The lowest BCUT2D eigenvalue weighted by Crippen LogP contribution is -2.08. The predicted molar refractivity (Wildman–Crippen MR) is 81.3 cm³/mol. The van der Waals surface area contributed by atoms with Gasteiger partial charge < -0.3 is 0 Å². The summed E-state index contributed by atoms with van der Waals surface area (Å²) in [6.45, 7) is 0.308. The monoisotopic (exact) mass is 302 g/mol. The molecule has 0 radical (unpaired) electrons. The van der Waals surface area contributed by atoms with Gasteiger partial charge in [0.15, 0.2) is 0 Å². The standard InChI is InChI=1S/C16H15FN2OS/c17-16-8-6-15(7-9-16)13-21(20,11-10-18)19-12-14-4-2-1-3-5-14/h1-9H,11-13H2. The van der Waals surface area contributed by atoms with E-state index in [1.165, 1.54) is 12.1 Å². The van der Waals surface area contributed by atoms with E-state index in [-0.39, 0.29) is 17.3 Å². The fourth-order valence-electron chi connectivity index (χ4n) is 1.86. The van der Waals surface area contributed by atoms with E-state index in [9.17, 15) is 8.60 Å². The highest BCUT2D eigenvalue weighted by atomic mass is 32.2. The maximum absolute atomic E-state index is 12.9. The van der Waals surface area contributed by atoms with Crippen LogP contribution in [-0.2, 0) is 22.0 Å². The van der Waals surface area contributed by atoms with Crippen molar-refractivity contribution in [2.75, 3.05) is 5.75 Å². The first-order chi connectivity index (χ1) is 10.1. The van der Waals surface area contributed by atoms with Crippen LogP contribution in [0.25, 0.3) is 0 Å². The highest BCUT2D eigenvalue weighted by Gasteiger charge is 2.10. The summed E-state index contributed by atoms with van der Waals surface area (Å²) >= 11 is 0.